The number of hydrogen-bond donors (Lipinski definition) is 2. The molecule has 35 heavy (non-hydrogen) atoms. The molecule has 0 saturated carbocycles. The molecule has 0 spiro atoms. The summed E-state index contributed by atoms with van der Waals surface area (Å²) in [5, 5.41) is 6.31. The van der Waals surface area contributed by atoms with Gasteiger partial charge >= 0.3 is 188 Å². The Kier molecular flexibility index (Phi) is 9.02. The molecule has 190 valence electrons. The van der Waals surface area contributed by atoms with Gasteiger partial charge in [0, 0.05) is 6.61 Å². The van der Waals surface area contributed by atoms with E-state index < -0.39 is 53.5 Å². The fourth-order valence-corrected chi connectivity index (χ4v) is 4.67. The van der Waals surface area contributed by atoms with E-state index in [2.05, 4.69) is 27.5 Å². The third-order valence-electron chi connectivity index (χ3n) is 6.03. The summed E-state index contributed by atoms with van der Waals surface area (Å²) >= 11 is 8.49. The SMILES string of the molecule is CCO[C@@H]1OC(=O)C[C@@H]1N(C(=O)[C@@H]1CCCN1)C(=O)[C@@H](NC(=O)c1ccc([As])c(Cl)c1)C(C)(C)C. The van der Waals surface area contributed by atoms with Gasteiger partial charge in [-0.1, -0.05) is 0 Å². The summed E-state index contributed by atoms with van der Waals surface area (Å²) in [5.74, 6) is -2.13. The number of carbonyl (C=O) groups is 4. The van der Waals surface area contributed by atoms with Crippen LogP contribution in [0.5, 0.6) is 0 Å². The van der Waals surface area contributed by atoms with Crippen molar-refractivity contribution in [2.24, 2.45) is 5.41 Å². The number of hydrogen-bond acceptors (Lipinski definition) is 7. The Bertz CT molecular complexity index is 992. The zero-order valence-electron chi connectivity index (χ0n) is 20.3. The Labute approximate surface area is 219 Å². The Morgan fingerprint density at radius 2 is 2.06 bits per heavy atom. The minimum absolute atomic E-state index is 0.175. The second kappa shape index (κ2) is 11.4. The molecule has 2 saturated heterocycles. The summed E-state index contributed by atoms with van der Waals surface area (Å²) < 4.78 is 11.6. The molecule has 0 aromatic heterocycles. The molecule has 1 aromatic rings. The van der Waals surface area contributed by atoms with Gasteiger partial charge in [-0.15, -0.1) is 0 Å². The van der Waals surface area contributed by atoms with Crippen LogP contribution in [0, 0.1) is 5.41 Å². The van der Waals surface area contributed by atoms with Crippen LogP contribution in [0.4, 0.5) is 0 Å². The number of ether oxygens (including phenoxy) is 2. The van der Waals surface area contributed by atoms with Gasteiger partial charge in [0.2, 0.25) is 0 Å². The first kappa shape index (κ1) is 27.7. The van der Waals surface area contributed by atoms with Crippen molar-refractivity contribution < 1.29 is 28.7 Å². The molecule has 4 atom stereocenters. The summed E-state index contributed by atoms with van der Waals surface area (Å²) in [7, 11) is 0. The molecular formula is C24H31AsClN3O6. The zero-order valence-corrected chi connectivity index (χ0v) is 22.9. The Morgan fingerprint density at radius 1 is 1.34 bits per heavy atom. The second-order valence-electron chi connectivity index (χ2n) is 9.72. The summed E-state index contributed by atoms with van der Waals surface area (Å²) in [4.78, 5) is 54.0. The van der Waals surface area contributed by atoms with Gasteiger partial charge < -0.3 is 0 Å². The van der Waals surface area contributed by atoms with E-state index in [0.29, 0.717) is 18.0 Å². The van der Waals surface area contributed by atoms with Crippen LogP contribution in [0.3, 0.4) is 0 Å². The number of carbonyl (C=O) groups excluding carboxylic acids is 4. The van der Waals surface area contributed by atoms with Crippen molar-refractivity contribution in [1.82, 2.24) is 15.5 Å². The van der Waals surface area contributed by atoms with E-state index in [0.717, 1.165) is 15.7 Å². The van der Waals surface area contributed by atoms with E-state index in [-0.39, 0.29) is 18.6 Å². The second-order valence-corrected chi connectivity index (χ2v) is 11.1. The van der Waals surface area contributed by atoms with Crippen LogP contribution in [-0.4, -0.2) is 83.0 Å². The number of halogens is 1. The van der Waals surface area contributed by atoms with Gasteiger partial charge in [-0.25, -0.2) is 0 Å². The molecule has 0 unspecified atom stereocenters. The predicted molar refractivity (Wildman–Crippen MR) is 130 cm³/mol. The number of esters is 1. The number of nitrogens with one attached hydrogen (secondary N) is 2. The number of cyclic esters (lactones) is 1. The van der Waals surface area contributed by atoms with Crippen molar-refractivity contribution in [1.29, 1.82) is 0 Å². The first-order valence-electron chi connectivity index (χ1n) is 11.6. The van der Waals surface area contributed by atoms with Crippen LogP contribution in [0.15, 0.2) is 18.2 Å². The molecule has 0 aliphatic carbocycles. The molecule has 0 bridgehead atoms. The standard InChI is InChI=1S/C24H31AsClN3O6/c1-5-34-23-17(12-18(30)35-23)29(21(32)16-7-6-10-27-16)22(33)19(24(2,3)4)28-20(31)13-8-9-14(25)15(26)11-13/h8-9,11,16-17,19,23,27H,5-7,10,12H2,1-4H3,(H,28,31)/t16-,17-,19+,23+/m0/s1. The van der Waals surface area contributed by atoms with E-state index in [1.165, 1.54) is 6.07 Å². The molecule has 11 heteroatoms. The molecule has 2 aliphatic heterocycles. The van der Waals surface area contributed by atoms with Gasteiger partial charge in [0.25, 0.3) is 0 Å². The van der Waals surface area contributed by atoms with Gasteiger partial charge in [-0.3, -0.25) is 4.79 Å². The van der Waals surface area contributed by atoms with Crippen molar-refractivity contribution in [3.05, 3.63) is 28.8 Å². The van der Waals surface area contributed by atoms with Crippen molar-refractivity contribution in [3.8, 4) is 0 Å². The molecule has 3 rings (SSSR count). The third-order valence-corrected chi connectivity index (χ3v) is 7.45. The van der Waals surface area contributed by atoms with Gasteiger partial charge in [0.05, 0.1) is 0 Å². The number of nitrogens with zero attached hydrogens (tertiary/aromatic N) is 1. The summed E-state index contributed by atoms with van der Waals surface area (Å²) in [6, 6.07) is 2.25. The number of imide groups is 1. The van der Waals surface area contributed by atoms with Crippen LogP contribution in [0.2, 0.25) is 5.02 Å². The summed E-state index contributed by atoms with van der Waals surface area (Å²) in [6.45, 7) is 8.00. The minimum atomic E-state index is -1.07. The fraction of sp³-hybridized carbons (Fsp3) is 0.583. The molecule has 2 radical (unpaired) electrons. The molecule has 2 aliphatic rings. The van der Waals surface area contributed by atoms with E-state index in [1.54, 1.807) is 39.8 Å². The van der Waals surface area contributed by atoms with Gasteiger partial charge in [-0.2, -0.15) is 0 Å². The Hall–Kier alpha value is -1.93. The van der Waals surface area contributed by atoms with Crippen LogP contribution in [-0.2, 0) is 23.9 Å². The molecule has 9 nitrogen and oxygen atoms in total. The molecule has 3 amide bonds. The van der Waals surface area contributed by atoms with Crippen LogP contribution in [0.1, 0.15) is 57.3 Å². The van der Waals surface area contributed by atoms with Gasteiger partial charge in [0.15, 0.2) is 0 Å². The Balaban J connectivity index is 1.96. The van der Waals surface area contributed by atoms with Crippen molar-refractivity contribution in [3.63, 3.8) is 0 Å². The maximum absolute atomic E-state index is 14.0. The first-order valence-corrected chi connectivity index (χ1v) is 13.0. The van der Waals surface area contributed by atoms with E-state index in [1.807, 2.05) is 0 Å². The van der Waals surface area contributed by atoms with Gasteiger partial charge in [-0.05, 0) is 19.9 Å². The van der Waals surface area contributed by atoms with Crippen LogP contribution in [0.25, 0.3) is 0 Å². The Morgan fingerprint density at radius 3 is 2.63 bits per heavy atom. The third kappa shape index (κ3) is 6.45. The zero-order chi connectivity index (χ0) is 25.9. The predicted octanol–water partition coefficient (Wildman–Crippen LogP) is 1.06. The topological polar surface area (TPSA) is 114 Å². The fourth-order valence-electron chi connectivity index (χ4n) is 4.19. The quantitative estimate of drug-likeness (QED) is 0.374. The molecule has 1 aromatic carbocycles. The van der Waals surface area contributed by atoms with Crippen molar-refractivity contribution in [2.45, 2.75) is 71.4 Å². The number of amides is 3. The average Bonchev–Trinajstić information content (AvgIpc) is 3.43. The molecule has 2 N–H and O–H groups in total. The summed E-state index contributed by atoms with van der Waals surface area (Å²) in [5.41, 5.74) is -0.474. The van der Waals surface area contributed by atoms with Crippen molar-refractivity contribution >= 4 is 56.5 Å². The molecule has 2 fully saturated rings. The normalized spacial score (nSPS) is 23.0. The summed E-state index contributed by atoms with van der Waals surface area (Å²) in [6.07, 6.45) is 0.119. The molecule has 2 heterocycles. The monoisotopic (exact) mass is 567 g/mol. The van der Waals surface area contributed by atoms with E-state index in [4.69, 9.17) is 21.1 Å². The van der Waals surface area contributed by atoms with Crippen LogP contribution >= 0.6 is 11.6 Å². The average molecular weight is 568 g/mol. The van der Waals surface area contributed by atoms with Gasteiger partial charge in [0.1, 0.15) is 0 Å². The maximum atomic E-state index is 14.0. The first-order chi connectivity index (χ1) is 16.4. The van der Waals surface area contributed by atoms with Crippen molar-refractivity contribution in [2.75, 3.05) is 13.2 Å². The number of rotatable bonds is 7. The van der Waals surface area contributed by atoms with Crippen LogP contribution < -0.4 is 15.0 Å². The van der Waals surface area contributed by atoms with E-state index in [9.17, 15) is 19.2 Å². The van der Waals surface area contributed by atoms with E-state index >= 15 is 0 Å². The number of benzene rings is 1. The molecular weight excluding hydrogens is 537 g/mol.